The molecule has 0 N–H and O–H groups in total. The molecule has 0 aliphatic rings. The summed E-state index contributed by atoms with van der Waals surface area (Å²) in [6.45, 7) is 0. The molecule has 0 aliphatic carbocycles. The maximum Gasteiger partial charge on any atom is 0.129 e. The molecule has 0 atom stereocenters. The zero-order valence-electron chi connectivity index (χ0n) is 10.8. The lowest BCUT2D eigenvalue weighted by atomic mass is 10.2. The summed E-state index contributed by atoms with van der Waals surface area (Å²) < 4.78 is 6.46. The van der Waals surface area contributed by atoms with E-state index in [1.54, 1.807) is 18.4 Å². The summed E-state index contributed by atoms with van der Waals surface area (Å²) in [6, 6.07) is 16.1. The fraction of sp³-hybridized carbons (Fsp3) is 0.0625. The number of methoxy groups -OCH3 is 1. The Hall–Kier alpha value is -1.65. The van der Waals surface area contributed by atoms with Crippen molar-refractivity contribution >= 4 is 27.3 Å². The molecule has 0 unspecified atom stereocenters. The summed E-state index contributed by atoms with van der Waals surface area (Å²) in [5, 5.41) is 3.05. The number of halogens is 1. The van der Waals surface area contributed by atoms with Gasteiger partial charge in [0.15, 0.2) is 0 Å². The van der Waals surface area contributed by atoms with E-state index in [0.29, 0.717) is 0 Å². The van der Waals surface area contributed by atoms with Gasteiger partial charge in [0.1, 0.15) is 10.8 Å². The number of ether oxygens (including phenoxy) is 1. The van der Waals surface area contributed by atoms with Gasteiger partial charge in [-0.3, -0.25) is 0 Å². The van der Waals surface area contributed by atoms with Crippen molar-refractivity contribution < 1.29 is 4.74 Å². The lowest BCUT2D eigenvalue weighted by molar-refractivity contribution is 0.416. The molecule has 0 saturated carbocycles. The molecule has 1 aromatic heterocycles. The van der Waals surface area contributed by atoms with Crippen molar-refractivity contribution in [3.63, 3.8) is 0 Å². The Morgan fingerprint density at radius 2 is 1.80 bits per heavy atom. The zero-order valence-corrected chi connectivity index (χ0v) is 13.2. The molecule has 0 spiro atoms. The van der Waals surface area contributed by atoms with E-state index in [1.165, 1.54) is 0 Å². The van der Waals surface area contributed by atoms with Gasteiger partial charge in [0.05, 0.1) is 18.4 Å². The fourth-order valence-electron chi connectivity index (χ4n) is 1.97. The zero-order chi connectivity index (χ0) is 13.9. The summed E-state index contributed by atoms with van der Waals surface area (Å²) in [5.41, 5.74) is 3.14. The van der Waals surface area contributed by atoms with E-state index >= 15 is 0 Å². The molecule has 4 heteroatoms. The van der Waals surface area contributed by atoms with Gasteiger partial charge in [0.2, 0.25) is 0 Å². The molecule has 0 amide bonds. The van der Waals surface area contributed by atoms with Crippen molar-refractivity contribution in [2.45, 2.75) is 0 Å². The van der Waals surface area contributed by atoms with E-state index in [9.17, 15) is 0 Å². The van der Waals surface area contributed by atoms with Gasteiger partial charge in [-0.1, -0.05) is 40.2 Å². The molecule has 0 fully saturated rings. The Bertz CT molecular complexity index is 721. The summed E-state index contributed by atoms with van der Waals surface area (Å²) in [7, 11) is 1.68. The van der Waals surface area contributed by atoms with E-state index < -0.39 is 0 Å². The first-order valence-electron chi connectivity index (χ1n) is 6.13. The largest absolute Gasteiger partial charge is 0.496 e. The first kappa shape index (κ1) is 13.3. The molecular formula is C16H12BrNOS. The standard InChI is InChI=1S/C16H12BrNOS/c1-19-15-5-3-2-4-13(15)16-18-14(10-20-16)11-6-8-12(17)9-7-11/h2-10H,1H3. The molecule has 1 heterocycles. The highest BCUT2D eigenvalue weighted by atomic mass is 79.9. The lowest BCUT2D eigenvalue weighted by Crippen LogP contribution is -1.87. The fourth-order valence-corrected chi connectivity index (χ4v) is 3.10. The molecule has 2 aromatic carbocycles. The third-order valence-electron chi connectivity index (χ3n) is 2.98. The van der Waals surface area contributed by atoms with Crippen LogP contribution in [0.5, 0.6) is 5.75 Å². The van der Waals surface area contributed by atoms with Crippen LogP contribution in [0.3, 0.4) is 0 Å². The van der Waals surface area contributed by atoms with Crippen molar-refractivity contribution in [2.24, 2.45) is 0 Å². The van der Waals surface area contributed by atoms with E-state index in [1.807, 2.05) is 36.4 Å². The van der Waals surface area contributed by atoms with Crippen LogP contribution in [0.2, 0.25) is 0 Å². The Kier molecular flexibility index (Phi) is 3.85. The second kappa shape index (κ2) is 5.77. The number of para-hydroxylation sites is 1. The molecule has 0 radical (unpaired) electrons. The predicted molar refractivity (Wildman–Crippen MR) is 87.2 cm³/mol. The van der Waals surface area contributed by atoms with Crippen LogP contribution >= 0.6 is 27.3 Å². The van der Waals surface area contributed by atoms with Crippen molar-refractivity contribution in [3.05, 3.63) is 58.4 Å². The van der Waals surface area contributed by atoms with Gasteiger partial charge >= 0.3 is 0 Å². The van der Waals surface area contributed by atoms with E-state index in [-0.39, 0.29) is 0 Å². The second-order valence-electron chi connectivity index (χ2n) is 4.25. The number of hydrogen-bond donors (Lipinski definition) is 0. The molecule has 20 heavy (non-hydrogen) atoms. The van der Waals surface area contributed by atoms with Crippen molar-refractivity contribution in [1.82, 2.24) is 4.98 Å². The first-order valence-corrected chi connectivity index (χ1v) is 7.80. The summed E-state index contributed by atoms with van der Waals surface area (Å²) in [6.07, 6.45) is 0. The smallest absolute Gasteiger partial charge is 0.129 e. The summed E-state index contributed by atoms with van der Waals surface area (Å²) >= 11 is 5.07. The number of hydrogen-bond acceptors (Lipinski definition) is 3. The molecular weight excluding hydrogens is 334 g/mol. The first-order chi connectivity index (χ1) is 9.78. The van der Waals surface area contributed by atoms with E-state index in [0.717, 1.165) is 32.1 Å². The highest BCUT2D eigenvalue weighted by Gasteiger charge is 2.10. The van der Waals surface area contributed by atoms with Gasteiger partial charge in [0.25, 0.3) is 0 Å². The Morgan fingerprint density at radius 1 is 1.05 bits per heavy atom. The average Bonchev–Trinajstić information content (AvgIpc) is 2.97. The van der Waals surface area contributed by atoms with Crippen LogP contribution < -0.4 is 4.74 Å². The molecule has 0 bridgehead atoms. The predicted octanol–water partition coefficient (Wildman–Crippen LogP) is 5.25. The van der Waals surface area contributed by atoms with Gasteiger partial charge in [-0.15, -0.1) is 11.3 Å². The number of benzene rings is 2. The SMILES string of the molecule is COc1ccccc1-c1nc(-c2ccc(Br)cc2)cs1. The minimum Gasteiger partial charge on any atom is -0.496 e. The normalized spacial score (nSPS) is 10.5. The Morgan fingerprint density at radius 3 is 2.55 bits per heavy atom. The van der Waals surface area contributed by atoms with Crippen LogP contribution in [0.25, 0.3) is 21.8 Å². The number of aromatic nitrogens is 1. The lowest BCUT2D eigenvalue weighted by Gasteiger charge is -2.04. The second-order valence-corrected chi connectivity index (χ2v) is 6.02. The van der Waals surface area contributed by atoms with Crippen LogP contribution in [-0.4, -0.2) is 12.1 Å². The van der Waals surface area contributed by atoms with Crippen molar-refractivity contribution in [2.75, 3.05) is 7.11 Å². The third kappa shape index (κ3) is 2.62. The molecule has 100 valence electrons. The monoisotopic (exact) mass is 345 g/mol. The minimum atomic E-state index is 0.851. The quantitative estimate of drug-likeness (QED) is 0.646. The highest BCUT2D eigenvalue weighted by Crippen LogP contribution is 2.34. The maximum atomic E-state index is 5.39. The van der Waals surface area contributed by atoms with Crippen molar-refractivity contribution in [3.8, 4) is 27.6 Å². The van der Waals surface area contributed by atoms with Gasteiger partial charge in [0, 0.05) is 15.4 Å². The van der Waals surface area contributed by atoms with Gasteiger partial charge in [-0.05, 0) is 24.3 Å². The topological polar surface area (TPSA) is 22.1 Å². The summed E-state index contributed by atoms with van der Waals surface area (Å²) in [5.74, 6) is 0.851. The maximum absolute atomic E-state index is 5.39. The number of nitrogens with zero attached hydrogens (tertiary/aromatic N) is 1. The molecule has 2 nitrogen and oxygen atoms in total. The van der Waals surface area contributed by atoms with E-state index in [2.05, 4.69) is 33.4 Å². The van der Waals surface area contributed by atoms with Gasteiger partial charge < -0.3 is 4.74 Å². The number of thiazole rings is 1. The molecule has 0 saturated heterocycles. The molecule has 3 rings (SSSR count). The minimum absolute atomic E-state index is 0.851. The third-order valence-corrected chi connectivity index (χ3v) is 4.39. The summed E-state index contributed by atoms with van der Waals surface area (Å²) in [4.78, 5) is 4.71. The van der Waals surface area contributed by atoms with Crippen LogP contribution in [0, 0.1) is 0 Å². The van der Waals surface area contributed by atoms with Gasteiger partial charge in [-0.25, -0.2) is 4.98 Å². The Labute approximate surface area is 130 Å². The van der Waals surface area contributed by atoms with Crippen LogP contribution in [-0.2, 0) is 0 Å². The van der Waals surface area contributed by atoms with Crippen LogP contribution in [0.4, 0.5) is 0 Å². The Balaban J connectivity index is 2.00. The van der Waals surface area contributed by atoms with E-state index in [4.69, 9.17) is 9.72 Å². The van der Waals surface area contributed by atoms with Crippen LogP contribution in [0.15, 0.2) is 58.4 Å². The highest BCUT2D eigenvalue weighted by molar-refractivity contribution is 9.10. The molecule has 0 aliphatic heterocycles. The van der Waals surface area contributed by atoms with Gasteiger partial charge in [-0.2, -0.15) is 0 Å². The number of rotatable bonds is 3. The average molecular weight is 346 g/mol. The molecule has 3 aromatic rings. The van der Waals surface area contributed by atoms with Crippen LogP contribution in [0.1, 0.15) is 0 Å². The van der Waals surface area contributed by atoms with Crippen molar-refractivity contribution in [1.29, 1.82) is 0 Å².